The highest BCUT2D eigenvalue weighted by Gasteiger charge is 2.39. The lowest BCUT2D eigenvalue weighted by molar-refractivity contribution is -0.142. The van der Waals surface area contributed by atoms with Gasteiger partial charge in [0.05, 0.1) is 6.04 Å². The summed E-state index contributed by atoms with van der Waals surface area (Å²) in [7, 11) is 0. The lowest BCUT2D eigenvalue weighted by Gasteiger charge is -2.30. The van der Waals surface area contributed by atoms with Crippen molar-refractivity contribution in [1.29, 1.82) is 0 Å². The van der Waals surface area contributed by atoms with Gasteiger partial charge in [0.1, 0.15) is 42.3 Å². The van der Waals surface area contributed by atoms with Gasteiger partial charge in [-0.3, -0.25) is 43.3 Å². The number of para-hydroxylation sites is 1. The van der Waals surface area contributed by atoms with E-state index in [1.165, 1.54) is 25.7 Å². The quantitative estimate of drug-likeness (QED) is 0.0289. The molecule has 2 heterocycles. The molecule has 1 aromatic heterocycles. The number of amides is 8. The van der Waals surface area contributed by atoms with Gasteiger partial charge in [-0.2, -0.15) is 0 Å². The molecule has 8 amide bonds. The average molecular weight is 930 g/mol. The smallest absolute Gasteiger partial charge is 0.245 e. The predicted molar refractivity (Wildman–Crippen MR) is 252 cm³/mol. The fraction of sp³-hybridized carbons (Fsp3) is 0.500. The number of nitrogens with one attached hydrogen (secondary N) is 7. The van der Waals surface area contributed by atoms with E-state index in [2.05, 4.69) is 41.9 Å². The van der Waals surface area contributed by atoms with Gasteiger partial charge in [0.2, 0.25) is 47.3 Å². The zero-order chi connectivity index (χ0) is 49.4. The molecular weight excluding hydrogens is 863 g/mol. The maximum absolute atomic E-state index is 14.2. The monoisotopic (exact) mass is 930 g/mol. The van der Waals surface area contributed by atoms with Gasteiger partial charge in [-0.1, -0.05) is 62.4 Å². The fourth-order valence-corrected chi connectivity index (χ4v) is 7.70. The number of fused-ring (bicyclic) bond motifs is 1. The van der Waals surface area contributed by atoms with Crippen molar-refractivity contribution in [3.05, 3.63) is 71.9 Å². The molecule has 0 spiro atoms. The number of carbonyl (C=O) groups excluding carboxylic acids is 8. The number of aliphatic imine (C=N–C) groups is 1. The summed E-state index contributed by atoms with van der Waals surface area (Å²) in [6, 6.07) is 7.86. The molecule has 21 nitrogen and oxygen atoms in total. The minimum absolute atomic E-state index is 0.0252. The number of carbonyl (C=O) groups is 8. The molecule has 2 aromatic carbocycles. The van der Waals surface area contributed by atoms with Crippen molar-refractivity contribution in [3.8, 4) is 0 Å². The molecule has 0 unspecified atom stereocenters. The summed E-state index contributed by atoms with van der Waals surface area (Å²) < 4.78 is 0. The van der Waals surface area contributed by atoms with Crippen LogP contribution in [0.4, 0.5) is 0 Å². The van der Waals surface area contributed by atoms with Crippen molar-refractivity contribution in [2.75, 3.05) is 13.1 Å². The molecule has 3 aromatic rings. The number of nitrogens with two attached hydrogens (primary N) is 4. The second-order valence-corrected chi connectivity index (χ2v) is 17.4. The van der Waals surface area contributed by atoms with Crippen LogP contribution < -0.4 is 54.8 Å². The molecule has 0 aliphatic carbocycles. The van der Waals surface area contributed by atoms with Gasteiger partial charge < -0.3 is 64.7 Å². The van der Waals surface area contributed by atoms with Crippen LogP contribution in [0, 0.1) is 5.92 Å². The van der Waals surface area contributed by atoms with Crippen molar-refractivity contribution >= 4 is 64.1 Å². The topological polar surface area (TPSA) is 344 Å². The zero-order valence-electron chi connectivity index (χ0n) is 38.8. The van der Waals surface area contributed by atoms with Crippen LogP contribution in [0.25, 0.3) is 10.9 Å². The number of guanidine groups is 1. The van der Waals surface area contributed by atoms with E-state index in [0.29, 0.717) is 12.0 Å². The summed E-state index contributed by atoms with van der Waals surface area (Å²) >= 11 is 0. The second kappa shape index (κ2) is 25.0. The largest absolute Gasteiger partial charge is 0.370 e. The van der Waals surface area contributed by atoms with Gasteiger partial charge in [0.25, 0.3) is 0 Å². The third kappa shape index (κ3) is 15.8. The Morgan fingerprint density at radius 1 is 0.701 bits per heavy atom. The van der Waals surface area contributed by atoms with Gasteiger partial charge in [0.15, 0.2) is 5.96 Å². The molecule has 0 radical (unpaired) electrons. The molecule has 4 rings (SSSR count). The number of hydrogen-bond acceptors (Lipinski definition) is 10. The Morgan fingerprint density at radius 2 is 1.31 bits per heavy atom. The molecular formula is C46H67N13O8. The SMILES string of the molecule is CC(C)C[C@H](NC(=O)[C@H](Cc1ccccc1)NC(=O)[C@@H]1CCCN1C(=O)[C@H](C)NC(=O)[C@H](C)NC(=O)[C@@H](N)Cc1c[nH]c2ccccc12)C(=O)N[C@@H](CCCN=C(N)N)C(=O)N[C@@H](C)C(N)=O. The van der Waals surface area contributed by atoms with Crippen molar-refractivity contribution in [2.24, 2.45) is 33.8 Å². The Morgan fingerprint density at radius 3 is 1.99 bits per heavy atom. The minimum atomic E-state index is -1.21. The number of H-pyrrole nitrogens is 1. The first-order valence-electron chi connectivity index (χ1n) is 22.6. The number of hydrogen-bond donors (Lipinski definition) is 11. The highest BCUT2D eigenvalue weighted by molar-refractivity contribution is 5.98. The van der Waals surface area contributed by atoms with Crippen molar-refractivity contribution in [1.82, 2.24) is 41.8 Å². The van der Waals surface area contributed by atoms with E-state index in [1.807, 2.05) is 38.1 Å². The van der Waals surface area contributed by atoms with E-state index >= 15 is 0 Å². The number of aromatic amines is 1. The second-order valence-electron chi connectivity index (χ2n) is 17.4. The first-order chi connectivity index (χ1) is 31.7. The van der Waals surface area contributed by atoms with E-state index in [1.54, 1.807) is 36.5 Å². The summed E-state index contributed by atoms with van der Waals surface area (Å²) in [5.74, 6) is -5.45. The third-order valence-corrected chi connectivity index (χ3v) is 11.4. The number of aromatic nitrogens is 1. The molecule has 8 atom stereocenters. The van der Waals surface area contributed by atoms with E-state index in [9.17, 15) is 38.4 Å². The first-order valence-corrected chi connectivity index (χ1v) is 22.6. The van der Waals surface area contributed by atoms with Crippen LogP contribution in [0.5, 0.6) is 0 Å². The maximum Gasteiger partial charge on any atom is 0.245 e. The average Bonchev–Trinajstić information content (AvgIpc) is 3.94. The van der Waals surface area contributed by atoms with Crippen molar-refractivity contribution < 1.29 is 38.4 Å². The number of likely N-dealkylation sites (tertiary alicyclic amines) is 1. The lowest BCUT2D eigenvalue weighted by Crippen LogP contribution is -2.60. The Balaban J connectivity index is 1.43. The Kier molecular flexibility index (Phi) is 19.7. The number of nitrogens with zero attached hydrogens (tertiary/aromatic N) is 2. The Labute approximate surface area is 390 Å². The Bertz CT molecular complexity index is 2250. The molecule has 15 N–H and O–H groups in total. The summed E-state index contributed by atoms with van der Waals surface area (Å²) in [5, 5.41) is 17.0. The molecule has 21 heteroatoms. The molecule has 1 aliphatic rings. The molecule has 1 saturated heterocycles. The standard InChI is InChI=1S/C46H67N13O8/c1-25(2)21-35(42(64)56-34(17-11-19-51-46(49)50)41(63)53-26(3)38(48)60)57-43(65)36(22-29-13-7-6-8-14-29)58-44(66)37-18-12-20-59(37)45(67)28(5)55-39(61)27(4)54-40(62)32(47)23-30-24-52-33-16-10-9-15-31(30)33/h6-10,13-16,24-28,32,34-37,52H,11-12,17-23,47H2,1-5H3,(H2,48,60)(H,53,63)(H,54,62)(H,55,61)(H,56,64)(H,57,65)(H,58,66)(H4,49,50,51)/t26-,27-,28-,32-,34-,35-,36-,37-/m0/s1. The summed E-state index contributed by atoms with van der Waals surface area (Å²) in [4.78, 5) is 116. The summed E-state index contributed by atoms with van der Waals surface area (Å²) in [5.41, 5.74) is 24.9. The number of primary amides is 1. The molecule has 0 saturated carbocycles. The first kappa shape index (κ1) is 52.6. The predicted octanol–water partition coefficient (Wildman–Crippen LogP) is -1.18. The van der Waals surface area contributed by atoms with Crippen LogP contribution in [0.2, 0.25) is 0 Å². The summed E-state index contributed by atoms with van der Waals surface area (Å²) in [6.45, 7) is 8.40. The van der Waals surface area contributed by atoms with Gasteiger partial charge in [0, 0.05) is 36.6 Å². The van der Waals surface area contributed by atoms with Crippen LogP contribution >= 0.6 is 0 Å². The van der Waals surface area contributed by atoms with Crippen LogP contribution in [0.1, 0.15) is 77.8 Å². The van der Waals surface area contributed by atoms with Gasteiger partial charge in [-0.05, 0) is 82.4 Å². The third-order valence-electron chi connectivity index (χ3n) is 11.4. The van der Waals surface area contributed by atoms with E-state index < -0.39 is 95.6 Å². The van der Waals surface area contributed by atoms with Crippen LogP contribution in [-0.4, -0.2) is 125 Å². The fourth-order valence-electron chi connectivity index (χ4n) is 7.70. The number of benzene rings is 2. The minimum Gasteiger partial charge on any atom is -0.370 e. The summed E-state index contributed by atoms with van der Waals surface area (Å²) in [6.07, 6.45) is 3.29. The van der Waals surface area contributed by atoms with E-state index in [4.69, 9.17) is 22.9 Å². The Hall–Kier alpha value is -7.03. The zero-order valence-corrected chi connectivity index (χ0v) is 38.8. The normalized spacial score (nSPS) is 16.6. The molecule has 364 valence electrons. The van der Waals surface area contributed by atoms with Gasteiger partial charge in [-0.25, -0.2) is 0 Å². The highest BCUT2D eigenvalue weighted by Crippen LogP contribution is 2.21. The number of rotatable bonds is 24. The molecule has 0 bridgehead atoms. The van der Waals surface area contributed by atoms with Gasteiger partial charge >= 0.3 is 0 Å². The highest BCUT2D eigenvalue weighted by atomic mass is 16.2. The van der Waals surface area contributed by atoms with Crippen molar-refractivity contribution in [3.63, 3.8) is 0 Å². The van der Waals surface area contributed by atoms with Crippen LogP contribution in [0.3, 0.4) is 0 Å². The van der Waals surface area contributed by atoms with E-state index in [-0.39, 0.29) is 63.5 Å². The van der Waals surface area contributed by atoms with Gasteiger partial charge in [-0.15, -0.1) is 0 Å². The molecule has 1 fully saturated rings. The van der Waals surface area contributed by atoms with Crippen molar-refractivity contribution in [2.45, 2.75) is 128 Å². The maximum atomic E-state index is 14.2. The molecule has 1 aliphatic heterocycles. The lowest BCUT2D eigenvalue weighted by atomic mass is 10.00. The van der Waals surface area contributed by atoms with E-state index in [0.717, 1.165) is 16.5 Å². The molecule has 67 heavy (non-hydrogen) atoms. The van der Waals surface area contributed by atoms with Crippen LogP contribution in [-0.2, 0) is 51.2 Å². The van der Waals surface area contributed by atoms with Crippen LogP contribution in [0.15, 0.2) is 65.8 Å².